The maximum atomic E-state index is 12.4. The topological polar surface area (TPSA) is 68.4 Å². The predicted octanol–water partition coefficient (Wildman–Crippen LogP) is 2.98. The zero-order valence-electron chi connectivity index (χ0n) is 13.9. The molecule has 132 valence electrons. The Bertz CT molecular complexity index is 715. The molecule has 1 aromatic heterocycles. The number of aromatic nitrogens is 1. The summed E-state index contributed by atoms with van der Waals surface area (Å²) in [6.07, 6.45) is 4.81. The Kier molecular flexibility index (Phi) is 5.60. The van der Waals surface area contributed by atoms with Gasteiger partial charge in [0.25, 0.3) is 0 Å². The summed E-state index contributed by atoms with van der Waals surface area (Å²) in [5, 5.41) is 3.50. The van der Waals surface area contributed by atoms with Gasteiger partial charge in [0.1, 0.15) is 0 Å². The Morgan fingerprint density at radius 3 is 2.48 bits per heavy atom. The molecular weight excluding hydrogens is 340 g/mol. The zero-order chi connectivity index (χ0) is 17.6. The number of benzene rings is 1. The highest BCUT2D eigenvalue weighted by molar-refractivity contribution is 6.30. The fourth-order valence-corrected chi connectivity index (χ4v) is 2.99. The largest absolute Gasteiger partial charge is 0.367 e. The van der Waals surface area contributed by atoms with Crippen LogP contribution in [0, 0.1) is 0 Å². The van der Waals surface area contributed by atoms with Gasteiger partial charge in [0.2, 0.25) is 5.91 Å². The van der Waals surface area contributed by atoms with Gasteiger partial charge in [-0.05, 0) is 42.3 Å². The fraction of sp³-hybridized carbons (Fsp3) is 0.333. The van der Waals surface area contributed by atoms with E-state index >= 15 is 0 Å². The summed E-state index contributed by atoms with van der Waals surface area (Å²) in [5.74, 6) is 0.0968. The number of nitrogens with one attached hydrogen (secondary N) is 2. The number of amides is 3. The lowest BCUT2D eigenvalue weighted by atomic mass is 10.2. The van der Waals surface area contributed by atoms with Crippen molar-refractivity contribution in [2.75, 3.05) is 31.5 Å². The van der Waals surface area contributed by atoms with Crippen molar-refractivity contribution in [3.63, 3.8) is 0 Å². The molecule has 0 spiro atoms. The zero-order valence-corrected chi connectivity index (χ0v) is 14.6. The SMILES string of the molecule is O=C(Cc1cc[nH]c1)N1CCCN(C(=O)Nc2ccc(Cl)cc2)CC1. The molecule has 2 heterocycles. The molecule has 0 unspecified atom stereocenters. The maximum absolute atomic E-state index is 12.4. The first-order chi connectivity index (χ1) is 12.1. The summed E-state index contributed by atoms with van der Waals surface area (Å²) >= 11 is 5.85. The number of carbonyl (C=O) groups excluding carboxylic acids is 2. The van der Waals surface area contributed by atoms with Crippen LogP contribution >= 0.6 is 11.6 Å². The number of carbonyl (C=O) groups is 2. The first-order valence-corrected chi connectivity index (χ1v) is 8.70. The average molecular weight is 361 g/mol. The standard InChI is InChI=1S/C18H21ClN4O2/c19-15-2-4-16(5-3-15)21-18(25)23-9-1-8-22(10-11-23)17(24)12-14-6-7-20-13-14/h2-7,13,20H,1,8-12H2,(H,21,25). The van der Waals surface area contributed by atoms with Crippen molar-refractivity contribution in [2.45, 2.75) is 12.8 Å². The lowest BCUT2D eigenvalue weighted by Crippen LogP contribution is -2.39. The molecule has 1 aliphatic rings. The summed E-state index contributed by atoms with van der Waals surface area (Å²) < 4.78 is 0. The molecule has 0 atom stereocenters. The van der Waals surface area contributed by atoms with Gasteiger partial charge in [-0.2, -0.15) is 0 Å². The molecule has 3 rings (SSSR count). The molecule has 1 fully saturated rings. The van der Waals surface area contributed by atoms with Gasteiger partial charge in [0.05, 0.1) is 6.42 Å². The van der Waals surface area contributed by atoms with Gasteiger partial charge in [-0.3, -0.25) is 4.79 Å². The van der Waals surface area contributed by atoms with Crippen molar-refractivity contribution >= 4 is 29.2 Å². The second-order valence-electron chi connectivity index (χ2n) is 6.05. The van der Waals surface area contributed by atoms with E-state index in [0.717, 1.165) is 12.0 Å². The lowest BCUT2D eigenvalue weighted by molar-refractivity contribution is -0.130. The predicted molar refractivity (Wildman–Crippen MR) is 97.7 cm³/mol. The van der Waals surface area contributed by atoms with Gasteiger partial charge >= 0.3 is 6.03 Å². The molecule has 0 radical (unpaired) electrons. The van der Waals surface area contributed by atoms with Gasteiger partial charge in [0.15, 0.2) is 0 Å². The van der Waals surface area contributed by atoms with Gasteiger partial charge < -0.3 is 20.1 Å². The van der Waals surface area contributed by atoms with E-state index in [4.69, 9.17) is 11.6 Å². The number of urea groups is 1. The summed E-state index contributed by atoms with van der Waals surface area (Å²) in [5.41, 5.74) is 1.69. The van der Waals surface area contributed by atoms with Crippen LogP contribution in [0.4, 0.5) is 10.5 Å². The van der Waals surface area contributed by atoms with Crippen LogP contribution in [-0.4, -0.2) is 52.9 Å². The number of rotatable bonds is 3. The normalized spacial score (nSPS) is 14.9. The number of aromatic amines is 1. The number of nitrogens with zero attached hydrogens (tertiary/aromatic N) is 2. The molecule has 1 aromatic carbocycles. The third-order valence-corrected chi connectivity index (χ3v) is 4.50. The second-order valence-corrected chi connectivity index (χ2v) is 6.49. The second kappa shape index (κ2) is 8.07. The van der Waals surface area contributed by atoms with E-state index in [0.29, 0.717) is 43.3 Å². The molecule has 25 heavy (non-hydrogen) atoms. The third kappa shape index (κ3) is 4.76. The Balaban J connectivity index is 1.53. The molecule has 0 saturated carbocycles. The summed E-state index contributed by atoms with van der Waals surface area (Å²) in [6.45, 7) is 2.39. The minimum absolute atomic E-state index is 0.0968. The quantitative estimate of drug-likeness (QED) is 0.883. The van der Waals surface area contributed by atoms with Gasteiger partial charge in [0, 0.05) is 49.3 Å². The summed E-state index contributed by atoms with van der Waals surface area (Å²) in [7, 11) is 0. The van der Waals surface area contributed by atoms with Crippen molar-refractivity contribution in [1.82, 2.24) is 14.8 Å². The third-order valence-electron chi connectivity index (χ3n) is 4.25. The van der Waals surface area contributed by atoms with Crippen molar-refractivity contribution in [1.29, 1.82) is 0 Å². The van der Waals surface area contributed by atoms with Crippen LogP contribution in [0.25, 0.3) is 0 Å². The molecular formula is C18H21ClN4O2. The maximum Gasteiger partial charge on any atom is 0.321 e. The van der Waals surface area contributed by atoms with Gasteiger partial charge in [-0.25, -0.2) is 4.79 Å². The van der Waals surface area contributed by atoms with E-state index in [1.54, 1.807) is 29.2 Å². The van der Waals surface area contributed by atoms with E-state index in [1.165, 1.54) is 0 Å². The average Bonchev–Trinajstić information content (AvgIpc) is 2.98. The minimum Gasteiger partial charge on any atom is -0.367 e. The molecule has 2 aromatic rings. The van der Waals surface area contributed by atoms with Crippen LogP contribution in [0.2, 0.25) is 5.02 Å². The monoisotopic (exact) mass is 360 g/mol. The highest BCUT2D eigenvalue weighted by Gasteiger charge is 2.22. The van der Waals surface area contributed by atoms with Crippen molar-refractivity contribution < 1.29 is 9.59 Å². The van der Waals surface area contributed by atoms with Gasteiger partial charge in [-0.1, -0.05) is 11.6 Å². The van der Waals surface area contributed by atoms with Gasteiger partial charge in [-0.15, -0.1) is 0 Å². The van der Waals surface area contributed by atoms with E-state index < -0.39 is 0 Å². The van der Waals surface area contributed by atoms with Crippen LogP contribution in [0.5, 0.6) is 0 Å². The number of hydrogen-bond donors (Lipinski definition) is 2. The van der Waals surface area contributed by atoms with Crippen LogP contribution in [0.3, 0.4) is 0 Å². The molecule has 1 aliphatic heterocycles. The van der Waals surface area contributed by atoms with Crippen molar-refractivity contribution in [2.24, 2.45) is 0 Å². The molecule has 3 amide bonds. The highest BCUT2D eigenvalue weighted by atomic mass is 35.5. The van der Waals surface area contributed by atoms with Crippen molar-refractivity contribution in [3.05, 3.63) is 53.3 Å². The van der Waals surface area contributed by atoms with Crippen LogP contribution in [-0.2, 0) is 11.2 Å². The highest BCUT2D eigenvalue weighted by Crippen LogP contribution is 2.15. The Morgan fingerprint density at radius 2 is 1.76 bits per heavy atom. The van der Waals surface area contributed by atoms with E-state index in [-0.39, 0.29) is 11.9 Å². The molecule has 1 saturated heterocycles. The molecule has 0 bridgehead atoms. The van der Waals surface area contributed by atoms with Crippen molar-refractivity contribution in [3.8, 4) is 0 Å². The summed E-state index contributed by atoms with van der Waals surface area (Å²) in [4.78, 5) is 31.4. The smallest absolute Gasteiger partial charge is 0.321 e. The van der Waals surface area contributed by atoms with E-state index in [9.17, 15) is 9.59 Å². The Hall–Kier alpha value is -2.47. The molecule has 2 N–H and O–H groups in total. The number of H-pyrrole nitrogens is 1. The van der Waals surface area contributed by atoms with Crippen LogP contribution in [0.15, 0.2) is 42.7 Å². The summed E-state index contributed by atoms with van der Waals surface area (Å²) in [6, 6.07) is 8.77. The molecule has 6 nitrogen and oxygen atoms in total. The molecule has 0 aliphatic carbocycles. The Morgan fingerprint density at radius 1 is 1.04 bits per heavy atom. The Labute approximate surface area is 151 Å². The van der Waals surface area contributed by atoms with Crippen LogP contribution in [0.1, 0.15) is 12.0 Å². The number of halogens is 1. The number of hydrogen-bond acceptors (Lipinski definition) is 2. The molecule has 7 heteroatoms. The first kappa shape index (κ1) is 17.4. The lowest BCUT2D eigenvalue weighted by Gasteiger charge is -2.22. The fourth-order valence-electron chi connectivity index (χ4n) is 2.86. The first-order valence-electron chi connectivity index (χ1n) is 8.33. The number of anilines is 1. The van der Waals surface area contributed by atoms with Crippen LogP contribution < -0.4 is 5.32 Å². The van der Waals surface area contributed by atoms with E-state index in [1.807, 2.05) is 23.4 Å². The van der Waals surface area contributed by atoms with E-state index in [2.05, 4.69) is 10.3 Å². The minimum atomic E-state index is -0.151.